The van der Waals surface area contributed by atoms with Gasteiger partial charge in [0.25, 0.3) is 5.91 Å². The van der Waals surface area contributed by atoms with E-state index in [2.05, 4.69) is 47.4 Å². The summed E-state index contributed by atoms with van der Waals surface area (Å²) in [5.41, 5.74) is 11.4. The van der Waals surface area contributed by atoms with Gasteiger partial charge in [-0.1, -0.05) is 72.8 Å². The summed E-state index contributed by atoms with van der Waals surface area (Å²) in [6, 6.07) is 28.9. The van der Waals surface area contributed by atoms with Gasteiger partial charge in [-0.25, -0.2) is 9.59 Å². The molecule has 1 aliphatic carbocycles. The van der Waals surface area contributed by atoms with Crippen LogP contribution in [0.2, 0.25) is 0 Å². The second-order valence-corrected chi connectivity index (χ2v) is 15.6. The van der Waals surface area contributed by atoms with E-state index in [1.807, 2.05) is 65.2 Å². The monoisotopic (exact) mass is 734 g/mol. The third-order valence-corrected chi connectivity index (χ3v) is 12.4. The maximum atomic E-state index is 15.2. The number of likely N-dealkylation sites (tertiary alicyclic amines) is 1. The minimum atomic E-state index is -1.02. The van der Waals surface area contributed by atoms with Crippen molar-refractivity contribution < 1.29 is 24.2 Å². The molecule has 0 saturated carbocycles. The number of fused-ring (bicyclic) bond motifs is 5. The van der Waals surface area contributed by atoms with Gasteiger partial charge < -0.3 is 29.1 Å². The molecular formula is C46H46N4O5. The molecule has 9 nitrogen and oxygen atoms in total. The van der Waals surface area contributed by atoms with Crippen LogP contribution in [0.15, 0.2) is 91.1 Å². The van der Waals surface area contributed by atoms with Crippen molar-refractivity contribution in [1.82, 2.24) is 19.3 Å². The molecule has 1 atom stereocenters. The minimum absolute atomic E-state index is 0.0295. The molecule has 2 amide bonds. The number of nitrogens with zero attached hydrogens (tertiary/aromatic N) is 4. The summed E-state index contributed by atoms with van der Waals surface area (Å²) in [4.78, 5) is 47.9. The van der Waals surface area contributed by atoms with Crippen molar-refractivity contribution in [1.29, 1.82) is 0 Å². The number of hydrogen-bond donors (Lipinski definition) is 1. The fraction of sp³-hybridized carbons (Fsp3) is 0.326. The van der Waals surface area contributed by atoms with Gasteiger partial charge in [0.2, 0.25) is 0 Å². The number of carboxylic acids is 1. The van der Waals surface area contributed by atoms with E-state index in [1.165, 1.54) is 16.7 Å². The largest absolute Gasteiger partial charge is 0.478 e. The summed E-state index contributed by atoms with van der Waals surface area (Å²) in [6.45, 7) is 6.12. The Bertz CT molecular complexity index is 2290. The van der Waals surface area contributed by atoms with Crippen LogP contribution < -0.4 is 0 Å². The highest BCUT2D eigenvalue weighted by Crippen LogP contribution is 2.45. The number of carbonyl (C=O) groups excluding carboxylic acids is 2. The Morgan fingerprint density at radius 3 is 2.15 bits per heavy atom. The van der Waals surface area contributed by atoms with E-state index in [9.17, 15) is 14.7 Å². The number of ether oxygens (including phenoxy) is 1. The lowest BCUT2D eigenvalue weighted by atomic mass is 9.88. The van der Waals surface area contributed by atoms with Gasteiger partial charge in [0.1, 0.15) is 6.61 Å². The van der Waals surface area contributed by atoms with Gasteiger partial charge in [-0.2, -0.15) is 0 Å². The normalized spacial score (nSPS) is 17.7. The van der Waals surface area contributed by atoms with Crippen molar-refractivity contribution >= 4 is 18.0 Å². The Balaban J connectivity index is 1.04. The van der Waals surface area contributed by atoms with Crippen molar-refractivity contribution in [3.8, 4) is 22.3 Å². The summed E-state index contributed by atoms with van der Waals surface area (Å²) in [5.74, 6) is -1.18. The Kier molecular flexibility index (Phi) is 9.05. The summed E-state index contributed by atoms with van der Waals surface area (Å²) < 4.78 is 7.89. The Labute approximate surface area is 321 Å². The van der Waals surface area contributed by atoms with Gasteiger partial charge in [0.15, 0.2) is 0 Å². The van der Waals surface area contributed by atoms with E-state index >= 15 is 4.79 Å². The van der Waals surface area contributed by atoms with Crippen LogP contribution in [0.4, 0.5) is 4.79 Å². The van der Waals surface area contributed by atoms with Crippen LogP contribution in [-0.4, -0.2) is 81.2 Å². The first-order chi connectivity index (χ1) is 26.7. The van der Waals surface area contributed by atoms with Crippen LogP contribution in [0.1, 0.15) is 78.6 Å². The number of aromatic nitrogens is 1. The summed E-state index contributed by atoms with van der Waals surface area (Å²) in [6.07, 6.45) is 5.10. The van der Waals surface area contributed by atoms with Crippen molar-refractivity contribution in [3.63, 3.8) is 0 Å². The van der Waals surface area contributed by atoms with E-state index in [1.54, 1.807) is 11.8 Å². The average Bonchev–Trinajstić information content (AvgIpc) is 3.92. The molecule has 3 aliphatic heterocycles. The first-order valence-electron chi connectivity index (χ1n) is 19.5. The molecule has 280 valence electrons. The molecule has 4 aromatic carbocycles. The molecule has 4 aliphatic rings. The molecule has 5 aromatic rings. The molecule has 0 radical (unpaired) electrons. The third kappa shape index (κ3) is 6.30. The molecule has 0 bridgehead atoms. The SMILES string of the molecule is Cc1c(C(=O)O)c(-c2cc3c(cc2C(=O)N2Cc4ccccc4C[C@H]2CN2CCCC2)CN(C(=O)OCC2c4ccccc4-c4ccccc42)CC3)cn1C. The van der Waals surface area contributed by atoms with Crippen LogP contribution in [0.5, 0.6) is 0 Å². The number of amides is 2. The molecule has 1 saturated heterocycles. The molecule has 1 fully saturated rings. The van der Waals surface area contributed by atoms with E-state index in [4.69, 9.17) is 4.74 Å². The minimum Gasteiger partial charge on any atom is -0.478 e. The van der Waals surface area contributed by atoms with E-state index in [0.29, 0.717) is 48.4 Å². The van der Waals surface area contributed by atoms with Crippen molar-refractivity contribution in [2.24, 2.45) is 7.05 Å². The topological polar surface area (TPSA) is 95.3 Å². The van der Waals surface area contributed by atoms with Crippen molar-refractivity contribution in [2.75, 3.05) is 32.8 Å². The van der Waals surface area contributed by atoms with Gasteiger partial charge in [0.05, 0.1) is 5.56 Å². The molecule has 9 rings (SSSR count). The first-order valence-corrected chi connectivity index (χ1v) is 19.5. The highest BCUT2D eigenvalue weighted by molar-refractivity contribution is 6.06. The quantitative estimate of drug-likeness (QED) is 0.185. The van der Waals surface area contributed by atoms with Gasteiger partial charge in [-0.3, -0.25) is 4.79 Å². The number of rotatable bonds is 7. The van der Waals surface area contributed by atoms with Crippen molar-refractivity contribution in [2.45, 2.75) is 57.7 Å². The maximum Gasteiger partial charge on any atom is 0.410 e. The van der Waals surface area contributed by atoms with Gasteiger partial charge in [-0.15, -0.1) is 0 Å². The number of benzene rings is 4. The second kappa shape index (κ2) is 14.2. The fourth-order valence-corrected chi connectivity index (χ4v) is 9.46. The van der Waals surface area contributed by atoms with Gasteiger partial charge >= 0.3 is 12.1 Å². The number of hydrogen-bond acceptors (Lipinski definition) is 5. The van der Waals surface area contributed by atoms with Crippen LogP contribution in [-0.2, 0) is 37.7 Å². The highest BCUT2D eigenvalue weighted by Gasteiger charge is 2.36. The molecule has 4 heterocycles. The summed E-state index contributed by atoms with van der Waals surface area (Å²) >= 11 is 0. The second-order valence-electron chi connectivity index (χ2n) is 15.6. The van der Waals surface area contributed by atoms with Crippen LogP contribution in [0, 0.1) is 6.92 Å². The maximum absolute atomic E-state index is 15.2. The van der Waals surface area contributed by atoms with E-state index in [-0.39, 0.29) is 36.1 Å². The number of aromatic carboxylic acids is 1. The van der Waals surface area contributed by atoms with E-state index < -0.39 is 5.97 Å². The number of carboxylic acid groups (broad SMARTS) is 1. The molecule has 1 N–H and O–H groups in total. The number of carbonyl (C=O) groups is 3. The Morgan fingerprint density at radius 1 is 0.764 bits per heavy atom. The van der Waals surface area contributed by atoms with Crippen LogP contribution >= 0.6 is 0 Å². The predicted octanol–water partition coefficient (Wildman–Crippen LogP) is 7.67. The van der Waals surface area contributed by atoms with E-state index in [0.717, 1.165) is 66.7 Å². The lowest BCUT2D eigenvalue weighted by Crippen LogP contribution is -2.49. The lowest BCUT2D eigenvalue weighted by Gasteiger charge is -2.39. The smallest absolute Gasteiger partial charge is 0.410 e. The molecule has 1 aromatic heterocycles. The van der Waals surface area contributed by atoms with Gasteiger partial charge in [0, 0.05) is 68.2 Å². The molecule has 55 heavy (non-hydrogen) atoms. The first kappa shape index (κ1) is 35.1. The average molecular weight is 735 g/mol. The lowest BCUT2D eigenvalue weighted by molar-refractivity contribution is 0.0593. The Hall–Kier alpha value is -5.67. The molecular weight excluding hydrogens is 689 g/mol. The summed E-state index contributed by atoms with van der Waals surface area (Å²) in [7, 11) is 1.84. The highest BCUT2D eigenvalue weighted by atomic mass is 16.6. The summed E-state index contributed by atoms with van der Waals surface area (Å²) in [5, 5.41) is 10.4. The number of aryl methyl sites for hydroxylation is 1. The molecule has 0 spiro atoms. The molecule has 9 heteroatoms. The third-order valence-electron chi connectivity index (χ3n) is 12.4. The zero-order valence-corrected chi connectivity index (χ0v) is 31.5. The zero-order valence-electron chi connectivity index (χ0n) is 31.5. The molecule has 0 unspecified atom stereocenters. The van der Waals surface area contributed by atoms with Crippen LogP contribution in [0.25, 0.3) is 22.3 Å². The Morgan fingerprint density at radius 2 is 1.44 bits per heavy atom. The fourth-order valence-electron chi connectivity index (χ4n) is 9.46. The van der Waals surface area contributed by atoms with Gasteiger partial charge in [-0.05, 0) is 108 Å². The standard InChI is InChI=1S/C46H46N4O5/c1-29-43(45(52)53)41(27-47(29)2)39-22-31-17-20-49(46(54)55-28-42-37-15-7-5-13-35(37)36-14-6-8-16-38(36)42)24-33(31)23-40(39)44(51)50-25-32-12-4-3-11-30(32)21-34(50)26-48-18-9-10-19-48/h3-8,11-16,22-23,27,34,42H,9-10,17-21,24-26,28H2,1-2H3,(H,52,53)/t34-/m0/s1. The van der Waals surface area contributed by atoms with Crippen LogP contribution in [0.3, 0.4) is 0 Å². The van der Waals surface area contributed by atoms with Crippen molar-refractivity contribution in [3.05, 3.63) is 141 Å². The predicted molar refractivity (Wildman–Crippen MR) is 211 cm³/mol. The zero-order chi connectivity index (χ0) is 37.8.